The van der Waals surface area contributed by atoms with Crippen molar-refractivity contribution in [1.29, 1.82) is 0 Å². The monoisotopic (exact) mass is 427 g/mol. The predicted molar refractivity (Wildman–Crippen MR) is 123 cm³/mol. The largest absolute Gasteiger partial charge is 0.368 e. The summed E-state index contributed by atoms with van der Waals surface area (Å²) in [5.41, 5.74) is 1.86. The molecule has 30 heavy (non-hydrogen) atoms. The molecule has 162 valence electrons. The normalized spacial score (nSPS) is 20.0. The molecular weight excluding hydrogens is 393 g/mol. The Balaban J connectivity index is 1.66. The molecule has 2 aromatic carbocycles. The molecule has 0 spiro atoms. The summed E-state index contributed by atoms with van der Waals surface area (Å²) in [5, 5.41) is 3.50. The van der Waals surface area contributed by atoms with Crippen LogP contribution in [0.2, 0.25) is 0 Å². The zero-order valence-electron chi connectivity index (χ0n) is 17.7. The van der Waals surface area contributed by atoms with Gasteiger partial charge in [-0.2, -0.15) is 0 Å². The van der Waals surface area contributed by atoms with Gasteiger partial charge in [-0.1, -0.05) is 87.1 Å². The molecule has 0 saturated heterocycles. The van der Waals surface area contributed by atoms with E-state index in [1.165, 1.54) is 12.8 Å². The smallest absolute Gasteiger partial charge is 0.357 e. The molecule has 2 aromatic rings. The van der Waals surface area contributed by atoms with Crippen LogP contribution in [0.1, 0.15) is 75.6 Å². The molecule has 2 fully saturated rings. The maximum atomic E-state index is 14.5. The van der Waals surface area contributed by atoms with Crippen molar-refractivity contribution in [2.24, 2.45) is 0 Å². The Hall–Kier alpha value is -1.61. The summed E-state index contributed by atoms with van der Waals surface area (Å²) in [6, 6.07) is 19.9. The molecule has 1 unspecified atom stereocenters. The van der Waals surface area contributed by atoms with Crippen molar-refractivity contribution >= 4 is 13.3 Å². The molecule has 1 atom stereocenters. The first kappa shape index (κ1) is 21.6. The number of benzene rings is 2. The van der Waals surface area contributed by atoms with E-state index in [4.69, 9.17) is 9.05 Å². The summed E-state index contributed by atoms with van der Waals surface area (Å²) in [7, 11) is -3.46. The van der Waals surface area contributed by atoms with E-state index in [2.05, 4.69) is 5.32 Å². The number of hydrogen-bond acceptors (Lipinski definition) is 4. The van der Waals surface area contributed by atoms with Crippen LogP contribution in [-0.2, 0) is 13.6 Å². The van der Waals surface area contributed by atoms with E-state index in [0.29, 0.717) is 0 Å². The van der Waals surface area contributed by atoms with Gasteiger partial charge in [0.25, 0.3) is 0 Å². The number of nitrogens with one attached hydrogen (secondary N) is 1. The van der Waals surface area contributed by atoms with Crippen LogP contribution in [0, 0.1) is 0 Å². The Kier molecular flexibility index (Phi) is 7.65. The molecule has 0 heterocycles. The minimum atomic E-state index is -3.46. The second-order valence-corrected chi connectivity index (χ2v) is 10.6. The lowest BCUT2D eigenvalue weighted by atomic mass is 9.98. The predicted octanol–water partition coefficient (Wildman–Crippen LogP) is 7.69. The lowest BCUT2D eigenvalue weighted by Gasteiger charge is -2.36. The van der Waals surface area contributed by atoms with E-state index < -0.39 is 13.4 Å². The average Bonchev–Trinajstić information content (AvgIpc) is 2.80. The van der Waals surface area contributed by atoms with Gasteiger partial charge < -0.3 is 14.4 Å². The summed E-state index contributed by atoms with van der Waals surface area (Å²) in [6.45, 7) is 0. The summed E-state index contributed by atoms with van der Waals surface area (Å²) in [5.74, 6) is -0.523. The van der Waals surface area contributed by atoms with Gasteiger partial charge in [0.15, 0.2) is 5.78 Å². The zero-order valence-corrected chi connectivity index (χ0v) is 18.6. The molecular formula is C25H34NO3P. The molecule has 4 rings (SSSR count). The van der Waals surface area contributed by atoms with E-state index >= 15 is 0 Å². The van der Waals surface area contributed by atoms with Crippen LogP contribution in [-0.4, -0.2) is 12.2 Å². The van der Waals surface area contributed by atoms with Crippen LogP contribution in [0.15, 0.2) is 60.7 Å². The first-order valence-electron chi connectivity index (χ1n) is 11.6. The molecule has 0 radical (unpaired) electrons. The molecule has 2 aliphatic carbocycles. The average molecular weight is 428 g/mol. The molecule has 0 aliphatic heterocycles. The standard InChI is InChI=1S/C25H34NO3P/c27-30(28-23-17-9-3-10-18-23,29-24-19-11-4-12-20-24)25(21-13-5-1-6-14-21)26-22-15-7-2-8-16-22/h1-2,5-8,13-16,23-26H,3-4,9-12,17-20H2. The number of anilines is 1. The lowest BCUT2D eigenvalue weighted by molar-refractivity contribution is 0.0758. The van der Waals surface area contributed by atoms with Crippen molar-refractivity contribution in [2.45, 2.75) is 82.2 Å². The second-order valence-electron chi connectivity index (χ2n) is 8.59. The van der Waals surface area contributed by atoms with Crippen molar-refractivity contribution in [1.82, 2.24) is 0 Å². The molecule has 0 bridgehead atoms. The van der Waals surface area contributed by atoms with Gasteiger partial charge in [0.2, 0.25) is 0 Å². The highest BCUT2D eigenvalue weighted by Crippen LogP contribution is 2.63. The Morgan fingerprint density at radius 3 is 1.67 bits per heavy atom. The van der Waals surface area contributed by atoms with Crippen molar-refractivity contribution < 1.29 is 13.6 Å². The van der Waals surface area contributed by atoms with E-state index in [1.54, 1.807) is 0 Å². The highest BCUT2D eigenvalue weighted by molar-refractivity contribution is 7.54. The Morgan fingerprint density at radius 2 is 1.17 bits per heavy atom. The minimum absolute atomic E-state index is 0.0111. The first-order chi connectivity index (χ1) is 14.7. The van der Waals surface area contributed by atoms with Gasteiger partial charge >= 0.3 is 7.60 Å². The van der Waals surface area contributed by atoms with Crippen molar-refractivity contribution in [3.8, 4) is 0 Å². The fourth-order valence-electron chi connectivity index (χ4n) is 4.58. The van der Waals surface area contributed by atoms with Gasteiger partial charge in [0.05, 0.1) is 12.2 Å². The van der Waals surface area contributed by atoms with Crippen LogP contribution in [0.4, 0.5) is 5.69 Å². The van der Waals surface area contributed by atoms with Crippen LogP contribution < -0.4 is 5.32 Å². The Labute approximate surface area is 180 Å². The summed E-state index contributed by atoms with van der Waals surface area (Å²) in [6.07, 6.45) is 10.9. The fraction of sp³-hybridized carbons (Fsp3) is 0.520. The van der Waals surface area contributed by atoms with Gasteiger partial charge in [-0.15, -0.1) is 0 Å². The quantitative estimate of drug-likeness (QED) is 0.439. The van der Waals surface area contributed by atoms with Gasteiger partial charge in [0, 0.05) is 5.69 Å². The minimum Gasteiger partial charge on any atom is -0.368 e. The van der Waals surface area contributed by atoms with Crippen LogP contribution >= 0.6 is 7.60 Å². The molecule has 2 aliphatic rings. The van der Waals surface area contributed by atoms with Crippen LogP contribution in [0.25, 0.3) is 0 Å². The molecule has 1 N–H and O–H groups in total. The number of rotatable bonds is 8. The van der Waals surface area contributed by atoms with E-state index in [1.807, 2.05) is 60.7 Å². The number of hydrogen-bond donors (Lipinski definition) is 1. The lowest BCUT2D eigenvalue weighted by Crippen LogP contribution is -2.25. The maximum absolute atomic E-state index is 14.5. The van der Waals surface area contributed by atoms with Crippen molar-refractivity contribution in [3.05, 3.63) is 66.2 Å². The van der Waals surface area contributed by atoms with E-state index in [-0.39, 0.29) is 12.2 Å². The van der Waals surface area contributed by atoms with Crippen molar-refractivity contribution in [2.75, 3.05) is 5.32 Å². The number of para-hydroxylation sites is 1. The SMILES string of the molecule is O=P(OC1CCCCC1)(OC1CCCCC1)C(Nc1ccccc1)c1ccccc1. The van der Waals surface area contributed by atoms with Gasteiger partial charge in [-0.05, 0) is 43.4 Å². The highest BCUT2D eigenvalue weighted by Gasteiger charge is 2.42. The molecule has 0 aromatic heterocycles. The third-order valence-electron chi connectivity index (χ3n) is 6.21. The van der Waals surface area contributed by atoms with Crippen molar-refractivity contribution in [3.63, 3.8) is 0 Å². The van der Waals surface area contributed by atoms with Gasteiger partial charge in [-0.3, -0.25) is 4.57 Å². The first-order valence-corrected chi connectivity index (χ1v) is 13.2. The third kappa shape index (κ3) is 5.75. The van der Waals surface area contributed by atoms with E-state index in [0.717, 1.165) is 62.6 Å². The summed E-state index contributed by atoms with van der Waals surface area (Å²) < 4.78 is 27.4. The summed E-state index contributed by atoms with van der Waals surface area (Å²) in [4.78, 5) is 0. The molecule has 2 saturated carbocycles. The topological polar surface area (TPSA) is 47.6 Å². The molecule has 4 nitrogen and oxygen atoms in total. The fourth-order valence-corrected chi connectivity index (χ4v) is 6.97. The summed E-state index contributed by atoms with van der Waals surface area (Å²) >= 11 is 0. The highest BCUT2D eigenvalue weighted by atomic mass is 31.2. The zero-order chi connectivity index (χ0) is 20.7. The Morgan fingerprint density at radius 1 is 0.700 bits per heavy atom. The maximum Gasteiger partial charge on any atom is 0.357 e. The Bertz CT molecular complexity index is 778. The van der Waals surface area contributed by atoms with Gasteiger partial charge in [0.1, 0.15) is 0 Å². The van der Waals surface area contributed by atoms with Crippen LogP contribution in [0.5, 0.6) is 0 Å². The second kappa shape index (κ2) is 10.6. The third-order valence-corrected chi connectivity index (χ3v) is 8.45. The van der Waals surface area contributed by atoms with Gasteiger partial charge in [-0.25, -0.2) is 0 Å². The van der Waals surface area contributed by atoms with E-state index in [9.17, 15) is 4.57 Å². The molecule has 5 heteroatoms. The molecule has 0 amide bonds. The van der Waals surface area contributed by atoms with Crippen LogP contribution in [0.3, 0.4) is 0 Å².